The molecule has 1 saturated heterocycles. The maximum absolute atomic E-state index is 12.6. The Morgan fingerprint density at radius 3 is 2.58 bits per heavy atom. The molecule has 33 heavy (non-hydrogen) atoms. The van der Waals surface area contributed by atoms with E-state index in [0.717, 1.165) is 18.2 Å². The molecular weight excluding hydrogens is 446 g/mol. The van der Waals surface area contributed by atoms with Crippen molar-refractivity contribution < 1.29 is 25.2 Å². The molecule has 0 bridgehead atoms. The number of carbonyl (C=O) groups excluding carboxylic acids is 2. The van der Waals surface area contributed by atoms with Gasteiger partial charge in [0.25, 0.3) is 11.8 Å². The number of thioether (sulfide) groups is 1. The van der Waals surface area contributed by atoms with Crippen LogP contribution < -0.4 is 15.2 Å². The second-order valence-electron chi connectivity index (χ2n) is 7.11. The summed E-state index contributed by atoms with van der Waals surface area (Å²) < 4.78 is 16.8. The third-order valence-corrected chi connectivity index (χ3v) is 4.98. The molecule has 3 rings (SSSR count). The van der Waals surface area contributed by atoms with E-state index in [4.69, 9.17) is 19.9 Å². The van der Waals surface area contributed by atoms with Gasteiger partial charge >= 0.3 is 0 Å². The number of methoxy groups -OCH3 is 1. The van der Waals surface area contributed by atoms with Gasteiger partial charge in [0, 0.05) is 33.3 Å². The van der Waals surface area contributed by atoms with Crippen LogP contribution in [0, 0.1) is 0 Å². The van der Waals surface area contributed by atoms with E-state index < -0.39 is 5.91 Å². The van der Waals surface area contributed by atoms with E-state index in [0.29, 0.717) is 36.9 Å². The van der Waals surface area contributed by atoms with Gasteiger partial charge in [0.15, 0.2) is 10.9 Å². The van der Waals surface area contributed by atoms with Gasteiger partial charge in [-0.1, -0.05) is 18.3 Å². The van der Waals surface area contributed by atoms with Crippen LogP contribution >= 0.6 is 11.8 Å². The van der Waals surface area contributed by atoms with Crippen LogP contribution in [0.25, 0.3) is 0 Å². The highest BCUT2D eigenvalue weighted by atomic mass is 32.2. The van der Waals surface area contributed by atoms with Crippen LogP contribution in [-0.2, 0) is 4.74 Å². The van der Waals surface area contributed by atoms with Crippen LogP contribution in [0.3, 0.4) is 0 Å². The number of hydrogen-bond donors (Lipinski definition) is 1. The number of nitrogens with zero attached hydrogens (tertiary/aromatic N) is 4. The quantitative estimate of drug-likeness (QED) is 0.431. The molecule has 2 N–H and O–H groups in total. The summed E-state index contributed by atoms with van der Waals surface area (Å²) in [6.07, 6.45) is 3.52. The largest absolute Gasteiger partial charge is 0.488 e. The summed E-state index contributed by atoms with van der Waals surface area (Å²) in [5.74, 6) is 0.306. The zero-order valence-corrected chi connectivity index (χ0v) is 19.2. The molecule has 0 spiro atoms. The van der Waals surface area contributed by atoms with Gasteiger partial charge in [-0.3, -0.25) is 9.59 Å². The molecule has 2 amide bonds. The standard InChI is InChI=1S/C22H25N5O5S.H2/c1-4-33-22(23)26-20(28)15-8-16(31-14(2)13-30-3)10-17(9-15)32-18-11-24-19(25-12-18)21(29)27-6-5-7-27;/h4,8-12,14H,1,5-7,13H2,2-3H3,(H2,23,26,28);1H/t14-;/m0./s1. The minimum Gasteiger partial charge on any atom is -0.488 e. The van der Waals surface area contributed by atoms with Crippen LogP contribution in [-0.4, -0.2) is 64.8 Å². The molecule has 1 aromatic carbocycles. The lowest BCUT2D eigenvalue weighted by molar-refractivity contribution is 0.0638. The van der Waals surface area contributed by atoms with E-state index in [1.165, 1.54) is 23.9 Å². The summed E-state index contributed by atoms with van der Waals surface area (Å²) in [5, 5.41) is 1.54. The molecule has 1 atom stereocenters. The van der Waals surface area contributed by atoms with Crippen LogP contribution in [0.2, 0.25) is 0 Å². The lowest BCUT2D eigenvalue weighted by Crippen LogP contribution is -2.42. The van der Waals surface area contributed by atoms with Crippen LogP contribution in [0.5, 0.6) is 17.2 Å². The topological polar surface area (TPSA) is 129 Å². The third-order valence-electron chi connectivity index (χ3n) is 4.48. The number of aromatic nitrogens is 2. The lowest BCUT2D eigenvalue weighted by Gasteiger charge is -2.29. The second kappa shape index (κ2) is 11.4. The van der Waals surface area contributed by atoms with E-state index in [9.17, 15) is 9.59 Å². The number of nitrogens with two attached hydrogens (primary N) is 1. The maximum atomic E-state index is 12.6. The first-order chi connectivity index (χ1) is 15.9. The Morgan fingerprint density at radius 2 is 1.97 bits per heavy atom. The minimum absolute atomic E-state index is 0. The Balaban J connectivity index is 0.00000408. The Labute approximate surface area is 197 Å². The second-order valence-corrected chi connectivity index (χ2v) is 8.09. The molecule has 0 aliphatic carbocycles. The number of ether oxygens (including phenoxy) is 3. The predicted molar refractivity (Wildman–Crippen MR) is 127 cm³/mol. The van der Waals surface area contributed by atoms with E-state index in [1.54, 1.807) is 24.1 Å². The molecule has 176 valence electrons. The van der Waals surface area contributed by atoms with E-state index >= 15 is 0 Å². The van der Waals surface area contributed by atoms with Gasteiger partial charge in [0.05, 0.1) is 19.0 Å². The van der Waals surface area contributed by atoms with Crippen molar-refractivity contribution in [2.24, 2.45) is 10.7 Å². The summed E-state index contributed by atoms with van der Waals surface area (Å²) in [6.45, 7) is 7.16. The first-order valence-corrected chi connectivity index (χ1v) is 11.0. The van der Waals surface area contributed by atoms with Gasteiger partial charge in [0.2, 0.25) is 5.82 Å². The average molecular weight is 474 g/mol. The molecule has 0 unspecified atom stereocenters. The van der Waals surface area contributed by atoms with Gasteiger partial charge in [0.1, 0.15) is 17.6 Å². The van der Waals surface area contributed by atoms with E-state index in [2.05, 4.69) is 21.5 Å². The number of aliphatic imine (C=N–C) groups is 1. The Kier molecular flexibility index (Phi) is 8.39. The highest BCUT2D eigenvalue weighted by Crippen LogP contribution is 2.28. The zero-order valence-electron chi connectivity index (χ0n) is 18.4. The van der Waals surface area contributed by atoms with Crippen molar-refractivity contribution in [3.63, 3.8) is 0 Å². The molecule has 0 radical (unpaired) electrons. The predicted octanol–water partition coefficient (Wildman–Crippen LogP) is 3.11. The molecule has 1 aliphatic rings. The van der Waals surface area contributed by atoms with Gasteiger partial charge in [-0.25, -0.2) is 9.97 Å². The summed E-state index contributed by atoms with van der Waals surface area (Å²) >= 11 is 1.04. The summed E-state index contributed by atoms with van der Waals surface area (Å²) in [5.41, 5.74) is 5.92. The van der Waals surface area contributed by atoms with E-state index in [1.807, 2.05) is 6.92 Å². The van der Waals surface area contributed by atoms with Crippen LogP contribution in [0.15, 0.2) is 47.6 Å². The minimum atomic E-state index is -0.566. The number of hydrogen-bond acceptors (Lipinski definition) is 8. The molecule has 0 saturated carbocycles. The fourth-order valence-corrected chi connectivity index (χ4v) is 3.18. The molecule has 1 fully saturated rings. The molecule has 1 aliphatic heterocycles. The zero-order chi connectivity index (χ0) is 23.8. The third kappa shape index (κ3) is 6.77. The Bertz CT molecular complexity index is 1050. The fourth-order valence-electron chi connectivity index (χ4n) is 2.88. The van der Waals surface area contributed by atoms with Crippen molar-refractivity contribution in [3.05, 3.63) is 54.0 Å². The van der Waals surface area contributed by atoms with Crippen molar-refractivity contribution in [3.8, 4) is 17.2 Å². The summed E-state index contributed by atoms with van der Waals surface area (Å²) in [7, 11) is 1.57. The maximum Gasteiger partial charge on any atom is 0.291 e. The highest BCUT2D eigenvalue weighted by Gasteiger charge is 2.23. The normalized spacial score (nSPS) is 14.2. The van der Waals surface area contributed by atoms with Gasteiger partial charge in [-0.2, -0.15) is 4.99 Å². The molecule has 10 nitrogen and oxygen atoms in total. The van der Waals surface area contributed by atoms with Gasteiger partial charge < -0.3 is 24.8 Å². The fraction of sp³-hybridized carbons (Fsp3) is 0.318. The number of carbonyl (C=O) groups is 2. The molecular formula is C22H27N5O5S. The van der Waals surface area contributed by atoms with Crippen molar-refractivity contribution in [1.29, 1.82) is 0 Å². The first-order valence-electron chi connectivity index (χ1n) is 10.2. The van der Waals surface area contributed by atoms with Crippen molar-refractivity contribution in [1.82, 2.24) is 14.9 Å². The summed E-state index contributed by atoms with van der Waals surface area (Å²) in [6, 6.07) is 4.67. The average Bonchev–Trinajstić information content (AvgIpc) is 2.73. The smallest absolute Gasteiger partial charge is 0.291 e. The first kappa shape index (κ1) is 24.2. The van der Waals surface area contributed by atoms with Crippen molar-refractivity contribution in [2.45, 2.75) is 19.4 Å². The summed E-state index contributed by atoms with van der Waals surface area (Å²) in [4.78, 5) is 38.5. The van der Waals surface area contributed by atoms with Crippen LogP contribution in [0.4, 0.5) is 0 Å². The molecule has 2 aromatic rings. The molecule has 11 heteroatoms. The van der Waals surface area contributed by atoms with Crippen LogP contribution in [0.1, 0.15) is 35.7 Å². The highest BCUT2D eigenvalue weighted by molar-refractivity contribution is 8.16. The number of likely N-dealkylation sites (tertiary alicyclic amines) is 1. The van der Waals surface area contributed by atoms with Gasteiger partial charge in [-0.15, -0.1) is 0 Å². The van der Waals surface area contributed by atoms with Gasteiger partial charge in [-0.05, 0) is 30.9 Å². The SMILES string of the molecule is C=CSC(N)=NC(=O)c1cc(Oc2cnc(C(=O)N3CCC3)nc2)cc(O[C@@H](C)COC)c1.[HH]. The van der Waals surface area contributed by atoms with Crippen molar-refractivity contribution >= 4 is 28.7 Å². The Hall–Kier alpha value is -3.44. The monoisotopic (exact) mass is 473 g/mol. The number of benzene rings is 1. The molecule has 1 aromatic heterocycles. The number of amides is 2. The van der Waals surface area contributed by atoms with E-state index in [-0.39, 0.29) is 30.0 Å². The van der Waals surface area contributed by atoms with Crippen molar-refractivity contribution in [2.75, 3.05) is 26.8 Å². The Morgan fingerprint density at radius 1 is 1.27 bits per heavy atom. The molecule has 2 heterocycles. The lowest BCUT2D eigenvalue weighted by atomic mass is 10.2. The number of amidine groups is 1. The number of rotatable bonds is 9.